The van der Waals surface area contributed by atoms with Crippen LogP contribution in [0.15, 0.2) is 0 Å². The molecule has 0 bridgehead atoms. The molecule has 106 valence electrons. The van der Waals surface area contributed by atoms with Gasteiger partial charge in [-0.05, 0) is 37.5 Å². The predicted octanol–water partition coefficient (Wildman–Crippen LogP) is 3.69. The molecule has 18 heavy (non-hydrogen) atoms. The fourth-order valence-corrected chi connectivity index (χ4v) is 2.88. The average Bonchev–Trinajstić information content (AvgIpc) is 2.27. The van der Waals surface area contributed by atoms with Crippen LogP contribution >= 0.6 is 0 Å². The highest BCUT2D eigenvalue weighted by Crippen LogP contribution is 2.37. The van der Waals surface area contributed by atoms with Crippen molar-refractivity contribution >= 4 is 6.03 Å². The maximum atomic E-state index is 11.9. The molecule has 0 radical (unpaired) electrons. The lowest BCUT2D eigenvalue weighted by molar-refractivity contribution is 0.133. The second kappa shape index (κ2) is 6.44. The van der Waals surface area contributed by atoms with Crippen molar-refractivity contribution in [3.63, 3.8) is 0 Å². The van der Waals surface area contributed by atoms with Crippen molar-refractivity contribution < 1.29 is 4.79 Å². The molecule has 1 aliphatic rings. The van der Waals surface area contributed by atoms with E-state index in [0.717, 1.165) is 12.8 Å². The van der Waals surface area contributed by atoms with Gasteiger partial charge in [0.15, 0.2) is 0 Å². The van der Waals surface area contributed by atoms with Gasteiger partial charge in [0.05, 0.1) is 0 Å². The first-order chi connectivity index (χ1) is 8.34. The van der Waals surface area contributed by atoms with Gasteiger partial charge in [0.2, 0.25) is 0 Å². The summed E-state index contributed by atoms with van der Waals surface area (Å²) < 4.78 is 0. The average molecular weight is 254 g/mol. The zero-order valence-corrected chi connectivity index (χ0v) is 12.7. The van der Waals surface area contributed by atoms with Crippen LogP contribution in [0.25, 0.3) is 0 Å². The molecule has 2 N–H and O–H groups in total. The molecule has 1 rings (SSSR count). The molecule has 0 aromatic heterocycles. The van der Waals surface area contributed by atoms with Crippen LogP contribution in [-0.4, -0.2) is 18.1 Å². The topological polar surface area (TPSA) is 41.1 Å². The van der Waals surface area contributed by atoms with Crippen LogP contribution in [0.5, 0.6) is 0 Å². The molecule has 0 aromatic rings. The van der Waals surface area contributed by atoms with Gasteiger partial charge >= 0.3 is 6.03 Å². The minimum Gasteiger partial charge on any atom is -0.336 e. The van der Waals surface area contributed by atoms with Gasteiger partial charge in [-0.15, -0.1) is 0 Å². The molecule has 0 aromatic carbocycles. The van der Waals surface area contributed by atoms with Crippen LogP contribution in [0.1, 0.15) is 66.7 Å². The molecule has 1 saturated carbocycles. The van der Waals surface area contributed by atoms with Crippen molar-refractivity contribution in [1.29, 1.82) is 0 Å². The normalized spacial score (nSPS) is 26.5. The van der Waals surface area contributed by atoms with Gasteiger partial charge in [-0.2, -0.15) is 0 Å². The predicted molar refractivity (Wildman–Crippen MR) is 76.6 cm³/mol. The SMILES string of the molecule is CC[C@H](C)NC(=O)N[C@@H]1CCCC[C@@H]1C(C)(C)C. The second-order valence-electron chi connectivity index (χ2n) is 6.79. The van der Waals surface area contributed by atoms with Gasteiger partial charge in [0.25, 0.3) is 0 Å². The molecule has 0 aliphatic heterocycles. The first-order valence-corrected chi connectivity index (χ1v) is 7.41. The van der Waals surface area contributed by atoms with Crippen LogP contribution < -0.4 is 10.6 Å². The maximum Gasteiger partial charge on any atom is 0.315 e. The van der Waals surface area contributed by atoms with E-state index in [2.05, 4.69) is 38.3 Å². The fraction of sp³-hybridized carbons (Fsp3) is 0.933. The molecule has 0 unspecified atom stereocenters. The summed E-state index contributed by atoms with van der Waals surface area (Å²) in [6.07, 6.45) is 5.86. The molecule has 0 saturated heterocycles. The Morgan fingerprint density at radius 2 is 1.89 bits per heavy atom. The first kappa shape index (κ1) is 15.3. The van der Waals surface area contributed by atoms with Crippen molar-refractivity contribution in [2.45, 2.75) is 78.8 Å². The third-order valence-electron chi connectivity index (χ3n) is 4.18. The summed E-state index contributed by atoms with van der Waals surface area (Å²) in [4.78, 5) is 11.9. The molecular formula is C15H30N2O. The van der Waals surface area contributed by atoms with E-state index in [-0.39, 0.29) is 17.5 Å². The van der Waals surface area contributed by atoms with Crippen LogP contribution in [0.4, 0.5) is 4.79 Å². The van der Waals surface area contributed by atoms with Gasteiger partial charge in [-0.3, -0.25) is 0 Å². The van der Waals surface area contributed by atoms with Gasteiger partial charge in [-0.1, -0.05) is 40.5 Å². The van der Waals surface area contributed by atoms with E-state index < -0.39 is 0 Å². The van der Waals surface area contributed by atoms with Gasteiger partial charge in [0, 0.05) is 12.1 Å². The zero-order valence-electron chi connectivity index (χ0n) is 12.7. The standard InChI is InChI=1S/C15H30N2O/c1-6-11(2)16-14(18)17-13-10-8-7-9-12(13)15(3,4)5/h11-13H,6-10H2,1-5H3,(H2,16,17,18)/t11-,12-,13+/m0/s1. The number of urea groups is 1. The van der Waals surface area contributed by atoms with Crippen molar-refractivity contribution in [1.82, 2.24) is 10.6 Å². The van der Waals surface area contributed by atoms with E-state index >= 15 is 0 Å². The van der Waals surface area contributed by atoms with Crippen molar-refractivity contribution in [3.8, 4) is 0 Å². The molecule has 0 spiro atoms. The number of carbonyl (C=O) groups is 1. The number of rotatable bonds is 3. The third-order valence-corrected chi connectivity index (χ3v) is 4.18. The number of hydrogen-bond acceptors (Lipinski definition) is 1. The van der Waals surface area contributed by atoms with E-state index in [1.165, 1.54) is 19.3 Å². The Morgan fingerprint density at radius 1 is 1.28 bits per heavy atom. The first-order valence-electron chi connectivity index (χ1n) is 7.41. The van der Waals surface area contributed by atoms with Gasteiger partial charge < -0.3 is 10.6 Å². The minimum atomic E-state index is 0.00509. The Morgan fingerprint density at radius 3 is 2.44 bits per heavy atom. The Kier molecular flexibility index (Phi) is 5.48. The Balaban J connectivity index is 2.54. The molecule has 1 fully saturated rings. The summed E-state index contributed by atoms with van der Waals surface area (Å²) in [5, 5.41) is 6.19. The van der Waals surface area contributed by atoms with E-state index in [9.17, 15) is 4.79 Å². The summed E-state index contributed by atoms with van der Waals surface area (Å²) in [6, 6.07) is 0.593. The smallest absolute Gasteiger partial charge is 0.315 e. The fourth-order valence-electron chi connectivity index (χ4n) is 2.88. The summed E-state index contributed by atoms with van der Waals surface area (Å²) in [5.74, 6) is 0.592. The van der Waals surface area contributed by atoms with E-state index in [0.29, 0.717) is 12.0 Å². The number of carbonyl (C=O) groups excluding carboxylic acids is 1. The lowest BCUT2D eigenvalue weighted by Crippen LogP contribution is -2.51. The van der Waals surface area contributed by atoms with E-state index in [1.54, 1.807) is 0 Å². The summed E-state index contributed by atoms with van der Waals surface area (Å²) in [7, 11) is 0. The van der Waals surface area contributed by atoms with Crippen LogP contribution in [-0.2, 0) is 0 Å². The maximum absolute atomic E-state index is 11.9. The van der Waals surface area contributed by atoms with Crippen molar-refractivity contribution in [3.05, 3.63) is 0 Å². The summed E-state index contributed by atoms with van der Waals surface area (Å²) >= 11 is 0. The highest BCUT2D eigenvalue weighted by atomic mass is 16.2. The summed E-state index contributed by atoms with van der Waals surface area (Å²) in [6.45, 7) is 11.0. The largest absolute Gasteiger partial charge is 0.336 e. The van der Waals surface area contributed by atoms with E-state index in [4.69, 9.17) is 0 Å². The molecule has 3 nitrogen and oxygen atoms in total. The van der Waals surface area contributed by atoms with Crippen LogP contribution in [0.2, 0.25) is 0 Å². The minimum absolute atomic E-state index is 0.00509. The van der Waals surface area contributed by atoms with Crippen LogP contribution in [0, 0.1) is 11.3 Å². The Bertz CT molecular complexity index is 270. The van der Waals surface area contributed by atoms with Crippen molar-refractivity contribution in [2.75, 3.05) is 0 Å². The van der Waals surface area contributed by atoms with Gasteiger partial charge in [0.1, 0.15) is 0 Å². The Hall–Kier alpha value is -0.730. The zero-order chi connectivity index (χ0) is 13.8. The Labute approximate surface area is 112 Å². The van der Waals surface area contributed by atoms with Gasteiger partial charge in [-0.25, -0.2) is 4.79 Å². The molecule has 2 amide bonds. The molecule has 1 aliphatic carbocycles. The number of nitrogens with one attached hydrogen (secondary N) is 2. The summed E-state index contributed by atoms with van der Waals surface area (Å²) in [5.41, 5.74) is 0.273. The third kappa shape index (κ3) is 4.51. The second-order valence-corrected chi connectivity index (χ2v) is 6.79. The molecular weight excluding hydrogens is 224 g/mol. The lowest BCUT2D eigenvalue weighted by Gasteiger charge is -2.40. The lowest BCUT2D eigenvalue weighted by atomic mass is 9.69. The molecule has 3 heteroatoms. The highest BCUT2D eigenvalue weighted by Gasteiger charge is 2.34. The molecule has 3 atom stereocenters. The van der Waals surface area contributed by atoms with Crippen LogP contribution in [0.3, 0.4) is 0 Å². The number of amides is 2. The van der Waals surface area contributed by atoms with E-state index in [1.807, 2.05) is 6.92 Å². The number of hydrogen-bond donors (Lipinski definition) is 2. The van der Waals surface area contributed by atoms with Crippen molar-refractivity contribution in [2.24, 2.45) is 11.3 Å². The quantitative estimate of drug-likeness (QED) is 0.792. The highest BCUT2D eigenvalue weighted by molar-refractivity contribution is 5.74. The molecule has 0 heterocycles. The monoisotopic (exact) mass is 254 g/mol.